The second-order valence-corrected chi connectivity index (χ2v) is 18.6. The van der Waals surface area contributed by atoms with Gasteiger partial charge in [-0.2, -0.15) is 0 Å². The van der Waals surface area contributed by atoms with Crippen LogP contribution >= 0.6 is 11.8 Å². The van der Waals surface area contributed by atoms with Gasteiger partial charge in [0, 0.05) is 32.9 Å². The highest BCUT2D eigenvalue weighted by atomic mass is 32.2. The van der Waals surface area contributed by atoms with Crippen molar-refractivity contribution in [3.8, 4) is 33.4 Å². The van der Waals surface area contributed by atoms with Gasteiger partial charge in [0.2, 0.25) is 0 Å². The first-order valence-corrected chi connectivity index (χ1v) is 22.9. The number of rotatable bonds is 4. The predicted molar refractivity (Wildman–Crippen MR) is 265 cm³/mol. The zero-order valence-electron chi connectivity index (χ0n) is 34.7. The fraction of sp³-hybridized carbons (Fsp3) is 0.100. The Balaban J connectivity index is 1.03. The number of hydrogen-bond acceptors (Lipinski definition) is 2. The Hall–Kier alpha value is -6.87. The average Bonchev–Trinajstić information content (AvgIpc) is 3.90. The van der Waals surface area contributed by atoms with E-state index in [9.17, 15) is 0 Å². The summed E-state index contributed by atoms with van der Waals surface area (Å²) < 4.78 is 7.13. The summed E-state index contributed by atoms with van der Waals surface area (Å²) in [7, 11) is 0. The number of fused-ring (bicyclic) bond motifs is 10. The molecule has 13 rings (SSSR count). The van der Waals surface area contributed by atoms with E-state index < -0.39 is 0 Å². The first-order chi connectivity index (χ1) is 30.6. The Morgan fingerprint density at radius 2 is 1.13 bits per heavy atom. The quantitative estimate of drug-likeness (QED) is 0.164. The molecule has 294 valence electrons. The summed E-state index contributed by atoms with van der Waals surface area (Å²) in [5.41, 5.74) is 15.1. The van der Waals surface area contributed by atoms with Gasteiger partial charge in [0.05, 0.1) is 0 Å². The van der Waals surface area contributed by atoms with Crippen molar-refractivity contribution < 1.29 is 4.42 Å². The molecule has 10 aromatic rings. The van der Waals surface area contributed by atoms with E-state index in [4.69, 9.17) is 4.42 Å². The topological polar surface area (TPSA) is 13.1 Å². The molecule has 62 heavy (non-hydrogen) atoms. The molecule has 0 amide bonds. The molecule has 0 bridgehead atoms. The van der Waals surface area contributed by atoms with Crippen molar-refractivity contribution in [1.82, 2.24) is 0 Å². The smallest absolute Gasteiger partial charge is 0.135 e. The van der Waals surface area contributed by atoms with Gasteiger partial charge in [-0.15, -0.1) is 11.8 Å². The van der Waals surface area contributed by atoms with Gasteiger partial charge < -0.3 is 4.42 Å². The lowest BCUT2D eigenvalue weighted by Crippen LogP contribution is -2.08. The molecule has 2 heterocycles. The van der Waals surface area contributed by atoms with Crippen LogP contribution in [0.5, 0.6) is 0 Å². The molecular formula is C60H42OS. The maximum absolute atomic E-state index is 7.13. The van der Waals surface area contributed by atoms with Crippen LogP contribution in [0.2, 0.25) is 0 Å². The molecule has 1 aromatic heterocycles. The second-order valence-electron chi connectivity index (χ2n) is 17.4. The van der Waals surface area contributed by atoms with Gasteiger partial charge in [0.1, 0.15) is 11.3 Å². The van der Waals surface area contributed by atoms with Crippen LogP contribution in [0, 0.1) is 6.92 Å². The molecule has 0 fully saturated rings. The second kappa shape index (κ2) is 13.8. The minimum Gasteiger partial charge on any atom is -0.460 e. The number of allylic oxidation sites excluding steroid dienone is 4. The summed E-state index contributed by atoms with van der Waals surface area (Å²) in [4.78, 5) is 1.39. The minimum absolute atomic E-state index is 0.257. The first-order valence-electron chi connectivity index (χ1n) is 22.0. The normalized spacial score (nSPS) is 17.8. The largest absolute Gasteiger partial charge is 0.460 e. The maximum Gasteiger partial charge on any atom is 0.135 e. The van der Waals surface area contributed by atoms with Crippen LogP contribution in [-0.2, 0) is 0 Å². The number of aryl methyl sites for hydroxylation is 1. The molecule has 0 N–H and O–H groups in total. The third-order valence-electron chi connectivity index (χ3n) is 13.9. The van der Waals surface area contributed by atoms with Crippen LogP contribution in [0.4, 0.5) is 0 Å². The number of furan rings is 1. The molecule has 3 aliphatic rings. The van der Waals surface area contributed by atoms with Crippen LogP contribution in [-0.4, -0.2) is 5.25 Å². The van der Waals surface area contributed by atoms with Gasteiger partial charge in [-0.3, -0.25) is 0 Å². The summed E-state index contributed by atoms with van der Waals surface area (Å²) in [6.07, 6.45) is 12.6. The molecule has 0 radical (unpaired) electrons. The Kier molecular flexibility index (Phi) is 7.99. The van der Waals surface area contributed by atoms with E-state index in [0.717, 1.165) is 17.8 Å². The Labute approximate surface area is 365 Å². The van der Waals surface area contributed by atoms with Crippen molar-refractivity contribution >= 4 is 71.4 Å². The Bertz CT molecular complexity index is 3560. The molecule has 0 saturated heterocycles. The minimum atomic E-state index is 0.257. The van der Waals surface area contributed by atoms with E-state index >= 15 is 0 Å². The molecular weight excluding hydrogens is 769 g/mol. The SMILES string of the molecule is Cc1cccc2c(-c3ccccc3)c3ccccc3c(C3=CCC(C)c4oc5cc(-c6c7ccccc7c(-c7cccc8c7C7C=CC=CC7S8)c7ccccc67)ccc5c43)c12. The lowest BCUT2D eigenvalue weighted by atomic mass is 9.78. The van der Waals surface area contributed by atoms with Crippen LogP contribution in [0.3, 0.4) is 0 Å². The first kappa shape index (κ1) is 35.8. The van der Waals surface area contributed by atoms with Crippen LogP contribution in [0.1, 0.15) is 53.2 Å². The summed E-state index contributed by atoms with van der Waals surface area (Å²) in [5.74, 6) is 1.70. The summed E-state index contributed by atoms with van der Waals surface area (Å²) >= 11 is 2.00. The van der Waals surface area contributed by atoms with Gasteiger partial charge in [-0.1, -0.05) is 177 Å². The Morgan fingerprint density at radius 3 is 1.85 bits per heavy atom. The third-order valence-corrected chi connectivity index (χ3v) is 15.3. The van der Waals surface area contributed by atoms with Gasteiger partial charge >= 0.3 is 0 Å². The molecule has 0 spiro atoms. The predicted octanol–water partition coefficient (Wildman–Crippen LogP) is 17.0. The maximum atomic E-state index is 7.13. The highest BCUT2D eigenvalue weighted by molar-refractivity contribution is 8.00. The molecule has 9 aromatic carbocycles. The van der Waals surface area contributed by atoms with Crippen molar-refractivity contribution in [3.63, 3.8) is 0 Å². The van der Waals surface area contributed by atoms with Crippen molar-refractivity contribution in [1.29, 1.82) is 0 Å². The van der Waals surface area contributed by atoms with Crippen molar-refractivity contribution in [2.75, 3.05) is 0 Å². The molecule has 3 unspecified atom stereocenters. The third kappa shape index (κ3) is 5.17. The fourth-order valence-electron chi connectivity index (χ4n) is 11.3. The summed E-state index contributed by atoms with van der Waals surface area (Å²) in [5, 5.41) is 11.8. The van der Waals surface area contributed by atoms with Crippen LogP contribution in [0.25, 0.3) is 93.0 Å². The number of benzene rings is 9. The van der Waals surface area contributed by atoms with E-state index in [2.05, 4.69) is 202 Å². The van der Waals surface area contributed by atoms with Crippen molar-refractivity contribution in [2.45, 2.75) is 42.2 Å². The zero-order chi connectivity index (χ0) is 41.1. The van der Waals surface area contributed by atoms with Gasteiger partial charge in [0.15, 0.2) is 0 Å². The number of hydrogen-bond donors (Lipinski definition) is 0. The average molecular weight is 811 g/mol. The van der Waals surface area contributed by atoms with E-state index in [1.807, 2.05) is 11.8 Å². The summed E-state index contributed by atoms with van der Waals surface area (Å²) in [6.45, 7) is 4.59. The lowest BCUT2D eigenvalue weighted by molar-refractivity contribution is 0.503. The highest BCUT2D eigenvalue weighted by Crippen LogP contribution is 2.55. The molecule has 2 aliphatic carbocycles. The van der Waals surface area contributed by atoms with Crippen molar-refractivity contribution in [2.24, 2.45) is 0 Å². The zero-order valence-corrected chi connectivity index (χ0v) is 35.5. The molecule has 1 aliphatic heterocycles. The van der Waals surface area contributed by atoms with E-state index in [0.29, 0.717) is 11.2 Å². The molecule has 3 atom stereocenters. The Morgan fingerprint density at radius 1 is 0.516 bits per heavy atom. The fourth-order valence-corrected chi connectivity index (χ4v) is 12.6. The standard InChI is InChI=1S/C60H42OS/c1-35-16-14-26-47-53(35)58(44-24-11-8-21-41(44)54(47)37-17-4-3-5-18-37)49-32-30-36(2)60-59(49)45-33-31-38(34-50(45)61-60)55-39-19-6-9-22-42(39)56(43-23-10-7-20-40(43)55)48-27-15-29-52-57(48)46-25-12-13-28-51(46)62-52/h3-29,31-34,36,46,51H,30H2,1-2H3. The molecule has 1 nitrogen and oxygen atoms in total. The van der Waals surface area contributed by atoms with Crippen molar-refractivity contribution in [3.05, 3.63) is 216 Å². The van der Waals surface area contributed by atoms with E-state index in [1.165, 1.54) is 115 Å². The van der Waals surface area contributed by atoms with E-state index in [1.54, 1.807) is 0 Å². The van der Waals surface area contributed by atoms with Gasteiger partial charge in [-0.25, -0.2) is 0 Å². The monoisotopic (exact) mass is 810 g/mol. The van der Waals surface area contributed by atoms with Crippen LogP contribution < -0.4 is 0 Å². The van der Waals surface area contributed by atoms with E-state index in [-0.39, 0.29) is 5.92 Å². The van der Waals surface area contributed by atoms with Gasteiger partial charge in [-0.05, 0) is 130 Å². The van der Waals surface area contributed by atoms with Gasteiger partial charge in [0.25, 0.3) is 0 Å². The van der Waals surface area contributed by atoms with Crippen LogP contribution in [0.15, 0.2) is 197 Å². The highest BCUT2D eigenvalue weighted by Gasteiger charge is 2.35. The molecule has 2 heteroatoms. The lowest BCUT2D eigenvalue weighted by Gasteiger charge is -2.24. The molecule has 0 saturated carbocycles. The summed E-state index contributed by atoms with van der Waals surface area (Å²) in [6, 6.07) is 58.8. The number of thioether (sulfide) groups is 1.